The van der Waals surface area contributed by atoms with Crippen molar-refractivity contribution in [2.75, 3.05) is 34.3 Å². The number of carbonyl (C=O) groups is 1. The van der Waals surface area contributed by atoms with Crippen LogP contribution >= 0.6 is 43.2 Å². The Morgan fingerprint density at radius 1 is 1.56 bits per heavy atom. The molecule has 4 nitrogen and oxygen atoms in total. The summed E-state index contributed by atoms with van der Waals surface area (Å²) < 4.78 is 6.76. The number of halogens is 2. The van der Waals surface area contributed by atoms with Crippen molar-refractivity contribution >= 4 is 49.2 Å². The molecule has 0 radical (unpaired) electrons. The summed E-state index contributed by atoms with van der Waals surface area (Å²) in [5.74, 6) is -0.269. The molecule has 18 heavy (non-hydrogen) atoms. The lowest BCUT2D eigenvalue weighted by Gasteiger charge is -2.16. The van der Waals surface area contributed by atoms with E-state index >= 15 is 0 Å². The summed E-state index contributed by atoms with van der Waals surface area (Å²) in [6.07, 6.45) is 0. The van der Waals surface area contributed by atoms with Gasteiger partial charge in [-0.15, -0.1) is 11.3 Å². The van der Waals surface area contributed by atoms with Crippen LogP contribution in [0.15, 0.2) is 14.3 Å². The molecular formula is C11H16Br2N2O2S. The van der Waals surface area contributed by atoms with Crippen LogP contribution in [-0.4, -0.2) is 45.2 Å². The van der Waals surface area contributed by atoms with Gasteiger partial charge in [0.1, 0.15) is 6.04 Å². The zero-order valence-electron chi connectivity index (χ0n) is 10.5. The van der Waals surface area contributed by atoms with Crippen molar-refractivity contribution in [1.29, 1.82) is 0 Å². The molecule has 1 atom stereocenters. The van der Waals surface area contributed by atoms with Gasteiger partial charge in [-0.1, -0.05) is 0 Å². The molecule has 0 amide bonds. The van der Waals surface area contributed by atoms with Crippen molar-refractivity contribution in [1.82, 2.24) is 10.2 Å². The van der Waals surface area contributed by atoms with Crippen molar-refractivity contribution in [3.05, 3.63) is 19.2 Å². The first kappa shape index (κ1) is 16.1. The van der Waals surface area contributed by atoms with Gasteiger partial charge >= 0.3 is 5.97 Å². The van der Waals surface area contributed by atoms with Crippen molar-refractivity contribution in [3.8, 4) is 0 Å². The molecule has 1 heterocycles. The molecule has 1 aromatic heterocycles. The lowest BCUT2D eigenvalue weighted by Crippen LogP contribution is -2.34. The van der Waals surface area contributed by atoms with E-state index in [0.717, 1.165) is 26.2 Å². The highest BCUT2D eigenvalue weighted by molar-refractivity contribution is 9.13. The van der Waals surface area contributed by atoms with Crippen LogP contribution in [0.4, 0.5) is 0 Å². The fourth-order valence-corrected chi connectivity index (χ4v) is 3.51. The fraction of sp³-hybridized carbons (Fsp3) is 0.545. The van der Waals surface area contributed by atoms with Crippen molar-refractivity contribution in [3.63, 3.8) is 0 Å². The molecule has 0 spiro atoms. The molecule has 7 heteroatoms. The number of methoxy groups -OCH3 is 1. The summed E-state index contributed by atoms with van der Waals surface area (Å²) in [5, 5.41) is 3.21. The van der Waals surface area contributed by atoms with Gasteiger partial charge in [0.2, 0.25) is 0 Å². The minimum atomic E-state index is -0.414. The molecule has 1 N–H and O–H groups in total. The van der Waals surface area contributed by atoms with Crippen LogP contribution in [0.25, 0.3) is 0 Å². The topological polar surface area (TPSA) is 41.6 Å². The van der Waals surface area contributed by atoms with E-state index < -0.39 is 6.04 Å². The average Bonchev–Trinajstić information content (AvgIpc) is 2.63. The van der Waals surface area contributed by atoms with E-state index in [2.05, 4.69) is 42.1 Å². The number of carbonyl (C=O) groups excluding carboxylic acids is 1. The summed E-state index contributed by atoms with van der Waals surface area (Å²) in [6.45, 7) is 1.58. The SMILES string of the molecule is COC(=O)C(NCCN(C)C)c1cc(Br)c(Br)s1. The largest absolute Gasteiger partial charge is 0.468 e. The predicted octanol–water partition coefficient (Wildman–Crippen LogP) is 2.64. The van der Waals surface area contributed by atoms with Gasteiger partial charge in [-0.05, 0) is 52.0 Å². The fourth-order valence-electron chi connectivity index (χ4n) is 1.36. The van der Waals surface area contributed by atoms with Gasteiger partial charge in [0.05, 0.1) is 10.9 Å². The molecule has 1 unspecified atom stereocenters. The Balaban J connectivity index is 2.75. The highest BCUT2D eigenvalue weighted by Gasteiger charge is 2.23. The zero-order chi connectivity index (χ0) is 13.7. The van der Waals surface area contributed by atoms with Gasteiger partial charge in [-0.25, -0.2) is 4.79 Å². The quantitative estimate of drug-likeness (QED) is 0.746. The Bertz CT molecular complexity index is 390. The lowest BCUT2D eigenvalue weighted by molar-refractivity contribution is -0.143. The molecule has 0 saturated heterocycles. The van der Waals surface area contributed by atoms with Crippen LogP contribution in [0.5, 0.6) is 0 Å². The number of likely N-dealkylation sites (N-methyl/N-ethyl adjacent to an activating group) is 1. The maximum absolute atomic E-state index is 11.8. The summed E-state index contributed by atoms with van der Waals surface area (Å²) in [4.78, 5) is 14.8. The number of thiophene rings is 1. The van der Waals surface area contributed by atoms with Gasteiger partial charge in [-0.2, -0.15) is 0 Å². The number of esters is 1. The number of nitrogens with one attached hydrogen (secondary N) is 1. The van der Waals surface area contributed by atoms with Crippen LogP contribution in [0.3, 0.4) is 0 Å². The first-order valence-electron chi connectivity index (χ1n) is 5.36. The summed E-state index contributed by atoms with van der Waals surface area (Å²) in [6, 6.07) is 1.52. The molecule has 0 fully saturated rings. The molecule has 0 aliphatic carbocycles. The highest BCUT2D eigenvalue weighted by Crippen LogP contribution is 2.35. The van der Waals surface area contributed by atoms with Gasteiger partial charge in [-0.3, -0.25) is 5.32 Å². The standard InChI is InChI=1S/C11H16Br2N2O2S/c1-15(2)5-4-14-9(11(16)17-3)8-6-7(12)10(13)18-8/h6,9,14H,4-5H2,1-3H3. The van der Waals surface area contributed by atoms with Crippen molar-refractivity contribution < 1.29 is 9.53 Å². The first-order chi connectivity index (χ1) is 8.45. The van der Waals surface area contributed by atoms with Gasteiger partial charge in [0, 0.05) is 22.4 Å². The minimum absolute atomic E-state index is 0.269. The number of hydrogen-bond acceptors (Lipinski definition) is 5. The molecule has 1 rings (SSSR count). The predicted molar refractivity (Wildman–Crippen MR) is 81.0 cm³/mol. The molecule has 1 aromatic rings. The number of ether oxygens (including phenoxy) is 1. The smallest absolute Gasteiger partial charge is 0.328 e. The number of rotatable bonds is 6. The van der Waals surface area contributed by atoms with Crippen LogP contribution in [0.2, 0.25) is 0 Å². The van der Waals surface area contributed by atoms with E-state index in [1.807, 2.05) is 20.2 Å². The van der Waals surface area contributed by atoms with Gasteiger partial charge in [0.25, 0.3) is 0 Å². The number of hydrogen-bond donors (Lipinski definition) is 1. The van der Waals surface area contributed by atoms with E-state index in [9.17, 15) is 4.79 Å². The van der Waals surface area contributed by atoms with Crippen LogP contribution in [-0.2, 0) is 9.53 Å². The Kier molecular flexibility index (Phi) is 6.79. The van der Waals surface area contributed by atoms with Crippen molar-refractivity contribution in [2.24, 2.45) is 0 Å². The first-order valence-corrected chi connectivity index (χ1v) is 7.76. The van der Waals surface area contributed by atoms with E-state index in [1.165, 1.54) is 18.4 Å². The van der Waals surface area contributed by atoms with E-state index in [4.69, 9.17) is 4.74 Å². The van der Waals surface area contributed by atoms with E-state index in [1.54, 1.807) is 0 Å². The van der Waals surface area contributed by atoms with E-state index in [-0.39, 0.29) is 5.97 Å². The van der Waals surface area contributed by atoms with Crippen LogP contribution in [0.1, 0.15) is 10.9 Å². The Morgan fingerprint density at radius 2 is 2.22 bits per heavy atom. The van der Waals surface area contributed by atoms with Crippen LogP contribution < -0.4 is 5.32 Å². The summed E-state index contributed by atoms with van der Waals surface area (Å²) >= 11 is 8.37. The third kappa shape index (κ3) is 4.62. The molecule has 0 aliphatic heterocycles. The van der Waals surface area contributed by atoms with E-state index in [0.29, 0.717) is 0 Å². The minimum Gasteiger partial charge on any atom is -0.468 e. The van der Waals surface area contributed by atoms with Gasteiger partial charge in [0.15, 0.2) is 0 Å². The Hall–Kier alpha value is 0.0500. The monoisotopic (exact) mass is 398 g/mol. The van der Waals surface area contributed by atoms with Crippen LogP contribution in [0, 0.1) is 0 Å². The zero-order valence-corrected chi connectivity index (χ0v) is 14.5. The third-order valence-electron chi connectivity index (χ3n) is 2.29. The second-order valence-corrected chi connectivity index (χ2v) is 7.24. The number of nitrogens with zero attached hydrogens (tertiary/aromatic N) is 1. The van der Waals surface area contributed by atoms with Gasteiger partial charge < -0.3 is 9.64 Å². The maximum atomic E-state index is 11.8. The maximum Gasteiger partial charge on any atom is 0.328 e. The second-order valence-electron chi connectivity index (χ2n) is 3.98. The average molecular weight is 400 g/mol. The Morgan fingerprint density at radius 3 is 2.67 bits per heavy atom. The third-order valence-corrected chi connectivity index (χ3v) is 5.61. The second kappa shape index (κ2) is 7.59. The van der Waals surface area contributed by atoms with Crippen molar-refractivity contribution in [2.45, 2.75) is 6.04 Å². The molecule has 0 saturated carbocycles. The summed E-state index contributed by atoms with van der Waals surface area (Å²) in [5.41, 5.74) is 0. The molecular weight excluding hydrogens is 384 g/mol. The lowest BCUT2D eigenvalue weighted by atomic mass is 10.2. The molecule has 0 aliphatic rings. The summed E-state index contributed by atoms with van der Waals surface area (Å²) in [7, 11) is 5.39. The Labute approximate surface area is 128 Å². The molecule has 0 aromatic carbocycles. The normalized spacial score (nSPS) is 12.8. The molecule has 0 bridgehead atoms. The molecule has 102 valence electrons. The highest BCUT2D eigenvalue weighted by atomic mass is 79.9.